The summed E-state index contributed by atoms with van der Waals surface area (Å²) in [5.41, 5.74) is 5.50. The van der Waals surface area contributed by atoms with Crippen LogP contribution in [0.15, 0.2) is 4.52 Å². The van der Waals surface area contributed by atoms with Crippen LogP contribution in [0.1, 0.15) is 49.1 Å². The Morgan fingerprint density at radius 1 is 1.59 bits per heavy atom. The van der Waals surface area contributed by atoms with Gasteiger partial charge in [0.25, 0.3) is 5.82 Å². The van der Waals surface area contributed by atoms with Crippen molar-refractivity contribution in [2.75, 3.05) is 6.54 Å². The van der Waals surface area contributed by atoms with E-state index in [-0.39, 0.29) is 11.2 Å². The molecule has 0 aliphatic heterocycles. The van der Waals surface area contributed by atoms with Gasteiger partial charge in [0.05, 0.1) is 5.41 Å². The third kappa shape index (κ3) is 2.17. The Kier molecular flexibility index (Phi) is 3.15. The summed E-state index contributed by atoms with van der Waals surface area (Å²) >= 11 is 0. The first-order valence-corrected chi connectivity index (χ1v) is 5.85. The second-order valence-corrected chi connectivity index (χ2v) is 4.90. The maximum atomic E-state index is 10.7. The zero-order chi connectivity index (χ0) is 12.5. The lowest BCUT2D eigenvalue weighted by Gasteiger charge is -2.35. The van der Waals surface area contributed by atoms with Crippen molar-refractivity contribution < 1.29 is 14.4 Å². The monoisotopic (exact) mass is 239 g/mol. The Morgan fingerprint density at radius 2 is 2.24 bits per heavy atom. The van der Waals surface area contributed by atoms with Crippen LogP contribution < -0.4 is 5.73 Å². The lowest BCUT2D eigenvalue weighted by atomic mass is 9.71. The van der Waals surface area contributed by atoms with Gasteiger partial charge in [0.2, 0.25) is 5.89 Å². The summed E-state index contributed by atoms with van der Waals surface area (Å²) in [7, 11) is 0. The third-order valence-electron chi connectivity index (χ3n) is 3.69. The van der Waals surface area contributed by atoms with Crippen LogP contribution in [0.2, 0.25) is 0 Å². The number of rotatable bonds is 3. The van der Waals surface area contributed by atoms with Crippen molar-refractivity contribution in [3.63, 3.8) is 0 Å². The number of aromatic carboxylic acids is 1. The van der Waals surface area contributed by atoms with Crippen molar-refractivity contribution in [3.05, 3.63) is 11.7 Å². The molecular formula is C11H17N3O3. The Morgan fingerprint density at radius 3 is 2.71 bits per heavy atom. The summed E-state index contributed by atoms with van der Waals surface area (Å²) in [5, 5.41) is 12.2. The molecule has 0 bridgehead atoms. The first kappa shape index (κ1) is 12.0. The molecule has 94 valence electrons. The number of nitrogens with zero attached hydrogens (tertiary/aromatic N) is 2. The van der Waals surface area contributed by atoms with Crippen LogP contribution in [0.25, 0.3) is 0 Å². The standard InChI is InChI=1S/C11H17N3O3/c1-7-2-4-11(6-12,5-3-7)10-13-8(9(15)16)14-17-10/h7H,2-6,12H2,1H3,(H,15,16). The number of carboxylic acid groups (broad SMARTS) is 1. The molecular weight excluding hydrogens is 222 g/mol. The molecule has 6 heteroatoms. The van der Waals surface area contributed by atoms with Crippen molar-refractivity contribution in [1.82, 2.24) is 10.1 Å². The van der Waals surface area contributed by atoms with Gasteiger partial charge in [-0.15, -0.1) is 0 Å². The van der Waals surface area contributed by atoms with E-state index in [0.29, 0.717) is 18.4 Å². The van der Waals surface area contributed by atoms with E-state index in [4.69, 9.17) is 15.4 Å². The Bertz CT molecular complexity index is 408. The van der Waals surface area contributed by atoms with E-state index in [1.54, 1.807) is 0 Å². The lowest BCUT2D eigenvalue weighted by molar-refractivity contribution is 0.0680. The van der Waals surface area contributed by atoms with Gasteiger partial charge in [-0.25, -0.2) is 4.79 Å². The maximum absolute atomic E-state index is 10.7. The molecule has 0 saturated heterocycles. The molecule has 1 heterocycles. The minimum Gasteiger partial charge on any atom is -0.475 e. The molecule has 0 atom stereocenters. The molecule has 1 aliphatic carbocycles. The predicted molar refractivity (Wildman–Crippen MR) is 59.6 cm³/mol. The summed E-state index contributed by atoms with van der Waals surface area (Å²) in [6, 6.07) is 0. The number of hydrogen-bond donors (Lipinski definition) is 2. The molecule has 0 aromatic carbocycles. The van der Waals surface area contributed by atoms with E-state index in [1.165, 1.54) is 0 Å². The summed E-state index contributed by atoms with van der Waals surface area (Å²) in [6.45, 7) is 2.62. The molecule has 3 N–H and O–H groups in total. The van der Waals surface area contributed by atoms with Crippen LogP contribution in [0.3, 0.4) is 0 Å². The molecule has 1 aromatic heterocycles. The number of aromatic nitrogens is 2. The Labute approximate surface area is 99.2 Å². The van der Waals surface area contributed by atoms with Gasteiger partial charge in [-0.05, 0) is 36.8 Å². The molecule has 1 fully saturated rings. The van der Waals surface area contributed by atoms with Crippen LogP contribution in [0, 0.1) is 5.92 Å². The van der Waals surface area contributed by atoms with Gasteiger partial charge in [-0.1, -0.05) is 6.92 Å². The highest BCUT2D eigenvalue weighted by Gasteiger charge is 2.40. The van der Waals surface area contributed by atoms with Gasteiger partial charge < -0.3 is 15.4 Å². The number of carbonyl (C=O) groups is 1. The van der Waals surface area contributed by atoms with Gasteiger partial charge >= 0.3 is 5.97 Å². The van der Waals surface area contributed by atoms with Crippen molar-refractivity contribution in [3.8, 4) is 0 Å². The smallest absolute Gasteiger partial charge is 0.377 e. The quantitative estimate of drug-likeness (QED) is 0.820. The highest BCUT2D eigenvalue weighted by molar-refractivity contribution is 5.82. The van der Waals surface area contributed by atoms with Gasteiger partial charge in [0.1, 0.15) is 0 Å². The first-order chi connectivity index (χ1) is 8.07. The largest absolute Gasteiger partial charge is 0.475 e. The molecule has 6 nitrogen and oxygen atoms in total. The maximum Gasteiger partial charge on any atom is 0.377 e. The van der Waals surface area contributed by atoms with Gasteiger partial charge in [0, 0.05) is 6.54 Å². The van der Waals surface area contributed by atoms with Gasteiger partial charge in [-0.2, -0.15) is 4.98 Å². The second-order valence-electron chi connectivity index (χ2n) is 4.90. The van der Waals surface area contributed by atoms with Crippen LogP contribution in [0.5, 0.6) is 0 Å². The fraction of sp³-hybridized carbons (Fsp3) is 0.727. The SMILES string of the molecule is CC1CCC(CN)(c2nc(C(=O)O)no2)CC1. The summed E-state index contributed by atoms with van der Waals surface area (Å²) in [4.78, 5) is 14.7. The third-order valence-corrected chi connectivity index (χ3v) is 3.69. The average molecular weight is 239 g/mol. The van der Waals surface area contributed by atoms with E-state index in [2.05, 4.69) is 17.1 Å². The van der Waals surface area contributed by atoms with Crippen molar-refractivity contribution in [2.45, 2.75) is 38.0 Å². The zero-order valence-corrected chi connectivity index (χ0v) is 9.85. The molecule has 0 unspecified atom stereocenters. The van der Waals surface area contributed by atoms with Gasteiger partial charge in [-0.3, -0.25) is 0 Å². The molecule has 1 aliphatic rings. The topological polar surface area (TPSA) is 102 Å². The van der Waals surface area contributed by atoms with Gasteiger partial charge in [0.15, 0.2) is 0 Å². The highest BCUT2D eigenvalue weighted by atomic mass is 16.5. The number of hydrogen-bond acceptors (Lipinski definition) is 5. The van der Waals surface area contributed by atoms with Crippen LogP contribution >= 0.6 is 0 Å². The summed E-state index contributed by atoms with van der Waals surface area (Å²) in [6.07, 6.45) is 3.88. The van der Waals surface area contributed by atoms with Crippen LogP contribution in [-0.2, 0) is 5.41 Å². The minimum absolute atomic E-state index is 0.286. The molecule has 2 rings (SSSR count). The first-order valence-electron chi connectivity index (χ1n) is 5.85. The van der Waals surface area contributed by atoms with E-state index in [0.717, 1.165) is 25.7 Å². The minimum atomic E-state index is -1.17. The van der Waals surface area contributed by atoms with Crippen molar-refractivity contribution in [1.29, 1.82) is 0 Å². The second kappa shape index (κ2) is 4.44. The summed E-state index contributed by atoms with van der Waals surface area (Å²) < 4.78 is 5.07. The average Bonchev–Trinajstić information content (AvgIpc) is 2.81. The van der Waals surface area contributed by atoms with E-state index in [1.807, 2.05) is 0 Å². The molecule has 0 amide bonds. The molecule has 1 saturated carbocycles. The van der Waals surface area contributed by atoms with Crippen LogP contribution in [-0.4, -0.2) is 27.8 Å². The van der Waals surface area contributed by atoms with E-state index >= 15 is 0 Å². The fourth-order valence-corrected chi connectivity index (χ4v) is 2.35. The normalized spacial score (nSPS) is 29.2. The molecule has 1 aromatic rings. The van der Waals surface area contributed by atoms with E-state index < -0.39 is 5.97 Å². The Balaban J connectivity index is 2.25. The van der Waals surface area contributed by atoms with E-state index in [9.17, 15) is 4.79 Å². The highest BCUT2D eigenvalue weighted by Crippen LogP contribution is 2.39. The zero-order valence-electron chi connectivity index (χ0n) is 9.85. The Hall–Kier alpha value is -1.43. The number of nitrogens with two attached hydrogens (primary N) is 1. The molecule has 0 spiro atoms. The predicted octanol–water partition coefficient (Wildman–Crippen LogP) is 1.17. The number of carboxylic acids is 1. The molecule has 17 heavy (non-hydrogen) atoms. The summed E-state index contributed by atoms with van der Waals surface area (Å²) in [5.74, 6) is -0.399. The fourth-order valence-electron chi connectivity index (χ4n) is 2.35. The molecule has 0 radical (unpaired) electrons. The van der Waals surface area contributed by atoms with Crippen LogP contribution in [0.4, 0.5) is 0 Å². The van der Waals surface area contributed by atoms with Crippen molar-refractivity contribution in [2.24, 2.45) is 11.7 Å². The lowest BCUT2D eigenvalue weighted by Crippen LogP contribution is -2.39. The van der Waals surface area contributed by atoms with Crippen molar-refractivity contribution >= 4 is 5.97 Å².